The molecule has 1 aromatic rings. The summed E-state index contributed by atoms with van der Waals surface area (Å²) in [5.74, 6) is -1.54. The lowest BCUT2D eigenvalue weighted by Gasteiger charge is -2.38. The van der Waals surface area contributed by atoms with Gasteiger partial charge in [-0.15, -0.1) is 0 Å². The van der Waals surface area contributed by atoms with E-state index < -0.39 is 36.5 Å². The van der Waals surface area contributed by atoms with Crippen LogP contribution in [0.3, 0.4) is 0 Å². The van der Waals surface area contributed by atoms with Crippen LogP contribution in [0.15, 0.2) is 23.0 Å². The van der Waals surface area contributed by atoms with Crippen LogP contribution in [0.25, 0.3) is 5.57 Å². The zero-order chi connectivity index (χ0) is 23.0. The molecule has 1 fully saturated rings. The normalized spacial score (nSPS) is 27.3. The van der Waals surface area contributed by atoms with Crippen molar-refractivity contribution in [3.63, 3.8) is 0 Å². The largest absolute Gasteiger partial charge is 0.396 e. The van der Waals surface area contributed by atoms with Crippen LogP contribution in [0.4, 0.5) is 13.2 Å². The van der Waals surface area contributed by atoms with E-state index in [1.807, 2.05) is 6.92 Å². The fourth-order valence-corrected chi connectivity index (χ4v) is 5.61. The molecule has 1 aromatic heterocycles. The van der Waals surface area contributed by atoms with E-state index in [1.54, 1.807) is 21.6 Å². The molecule has 176 valence electrons. The molecule has 2 N–H and O–H groups in total. The van der Waals surface area contributed by atoms with Crippen LogP contribution in [0, 0.1) is 11.8 Å². The second-order valence-corrected chi connectivity index (χ2v) is 8.99. The van der Waals surface area contributed by atoms with Crippen molar-refractivity contribution in [3.05, 3.63) is 39.8 Å². The molecule has 1 saturated heterocycles. The third kappa shape index (κ3) is 4.12. The molecular formula is C23H30F3N3O3. The third-order valence-corrected chi connectivity index (χ3v) is 7.06. The average Bonchev–Trinajstić information content (AvgIpc) is 3.35. The lowest BCUT2D eigenvalue weighted by atomic mass is 9.86. The van der Waals surface area contributed by atoms with Crippen LogP contribution in [0.5, 0.6) is 0 Å². The van der Waals surface area contributed by atoms with E-state index in [0.29, 0.717) is 17.8 Å². The van der Waals surface area contributed by atoms with E-state index in [4.69, 9.17) is 0 Å². The lowest BCUT2D eigenvalue weighted by molar-refractivity contribution is -0.140. The summed E-state index contributed by atoms with van der Waals surface area (Å²) in [6, 6.07) is 2.35. The molecule has 0 aromatic carbocycles. The maximum Gasteiger partial charge on any atom is 0.390 e. The Morgan fingerprint density at radius 2 is 2.09 bits per heavy atom. The van der Waals surface area contributed by atoms with Gasteiger partial charge in [0.2, 0.25) is 5.91 Å². The number of aliphatic hydroxyl groups excluding tert-OH is 1. The molecule has 3 aliphatic rings. The van der Waals surface area contributed by atoms with Gasteiger partial charge in [-0.25, -0.2) is 0 Å². The van der Waals surface area contributed by atoms with Crippen LogP contribution in [0.1, 0.15) is 56.3 Å². The molecule has 0 unspecified atom stereocenters. The quantitative estimate of drug-likeness (QED) is 0.666. The van der Waals surface area contributed by atoms with Crippen molar-refractivity contribution >= 4 is 11.5 Å². The van der Waals surface area contributed by atoms with E-state index in [0.717, 1.165) is 31.3 Å². The first-order chi connectivity index (χ1) is 15.3. The molecular weight excluding hydrogens is 423 g/mol. The summed E-state index contributed by atoms with van der Waals surface area (Å²) in [5, 5.41) is 13.0. The third-order valence-electron chi connectivity index (χ3n) is 7.06. The number of halogens is 3. The molecule has 1 aliphatic carbocycles. The zero-order valence-electron chi connectivity index (χ0n) is 18.2. The number of amides is 1. The Labute approximate surface area is 185 Å². The Morgan fingerprint density at radius 1 is 1.31 bits per heavy atom. The molecule has 2 aliphatic heterocycles. The van der Waals surface area contributed by atoms with Gasteiger partial charge in [0.25, 0.3) is 5.56 Å². The van der Waals surface area contributed by atoms with Crippen LogP contribution < -0.4 is 10.9 Å². The van der Waals surface area contributed by atoms with Gasteiger partial charge in [-0.2, -0.15) is 13.2 Å². The zero-order valence-corrected chi connectivity index (χ0v) is 18.2. The fraction of sp³-hybridized carbons (Fsp3) is 0.652. The monoisotopic (exact) mass is 453 g/mol. The lowest BCUT2D eigenvalue weighted by Crippen LogP contribution is -2.47. The number of fused-ring (bicyclic) bond motifs is 4. The van der Waals surface area contributed by atoms with E-state index in [-0.39, 0.29) is 31.2 Å². The summed E-state index contributed by atoms with van der Waals surface area (Å²) in [4.78, 5) is 28.1. The van der Waals surface area contributed by atoms with Gasteiger partial charge in [-0.3, -0.25) is 14.5 Å². The van der Waals surface area contributed by atoms with E-state index in [1.165, 1.54) is 0 Å². The number of carbonyl (C=O) groups is 1. The van der Waals surface area contributed by atoms with Gasteiger partial charge in [0, 0.05) is 49.5 Å². The van der Waals surface area contributed by atoms with Crippen LogP contribution in [-0.4, -0.2) is 52.4 Å². The van der Waals surface area contributed by atoms with Gasteiger partial charge >= 0.3 is 6.18 Å². The molecule has 2 bridgehead atoms. The summed E-state index contributed by atoms with van der Waals surface area (Å²) in [7, 11) is 0. The summed E-state index contributed by atoms with van der Waals surface area (Å²) >= 11 is 0. The molecule has 0 saturated carbocycles. The SMILES string of the molecule is CCCNC(=O)[C@H]1[C@H](CO)[C@H]2Cn3c(ccc(C4=CCCC4)c3=O)[C@@H]1N2CCC(F)(F)F. The van der Waals surface area contributed by atoms with Crippen molar-refractivity contribution in [2.75, 3.05) is 19.7 Å². The topological polar surface area (TPSA) is 74.6 Å². The Hall–Kier alpha value is -2.13. The van der Waals surface area contributed by atoms with Crippen molar-refractivity contribution in [3.8, 4) is 0 Å². The number of carbonyl (C=O) groups excluding carboxylic acids is 1. The second kappa shape index (κ2) is 9.02. The number of aromatic nitrogens is 1. The first-order valence-corrected chi connectivity index (χ1v) is 11.4. The number of allylic oxidation sites excluding steroid dienone is 2. The highest BCUT2D eigenvalue weighted by Gasteiger charge is 2.56. The van der Waals surface area contributed by atoms with E-state index in [2.05, 4.69) is 11.4 Å². The van der Waals surface area contributed by atoms with E-state index >= 15 is 0 Å². The minimum atomic E-state index is -4.33. The maximum absolute atomic E-state index is 13.3. The number of rotatable bonds is 7. The molecule has 32 heavy (non-hydrogen) atoms. The number of nitrogens with one attached hydrogen (secondary N) is 1. The second-order valence-electron chi connectivity index (χ2n) is 8.99. The predicted octanol–water partition coefficient (Wildman–Crippen LogP) is 2.86. The molecule has 3 heterocycles. The maximum atomic E-state index is 13.3. The van der Waals surface area contributed by atoms with Crippen LogP contribution >= 0.6 is 0 Å². The number of hydrogen-bond donors (Lipinski definition) is 2. The van der Waals surface area contributed by atoms with E-state index in [9.17, 15) is 27.9 Å². The molecule has 1 amide bonds. The van der Waals surface area contributed by atoms with Crippen LogP contribution in [-0.2, 0) is 11.3 Å². The minimum Gasteiger partial charge on any atom is -0.396 e. The highest BCUT2D eigenvalue weighted by Crippen LogP contribution is 2.48. The highest BCUT2D eigenvalue weighted by atomic mass is 19.4. The Kier molecular flexibility index (Phi) is 6.49. The molecule has 0 radical (unpaired) electrons. The number of hydrogen-bond acceptors (Lipinski definition) is 4. The standard InChI is InChI=1S/C23H30F3N3O3/c1-2-10-27-21(31)19-16(13-30)18-12-29-17(20(19)28(18)11-9-23(24,25)26)8-7-15(22(29)32)14-5-3-4-6-14/h5,7-8,16,18-20,30H,2-4,6,9-13H2,1H3,(H,27,31)/t16-,18-,19+,20+/m1/s1. The van der Waals surface area contributed by atoms with Gasteiger partial charge in [-0.05, 0) is 43.4 Å². The van der Waals surface area contributed by atoms with Gasteiger partial charge < -0.3 is 15.0 Å². The molecule has 9 heteroatoms. The Balaban J connectivity index is 1.77. The highest BCUT2D eigenvalue weighted by molar-refractivity contribution is 5.80. The smallest absolute Gasteiger partial charge is 0.390 e. The summed E-state index contributed by atoms with van der Waals surface area (Å²) in [5.41, 5.74) is 2.03. The average molecular weight is 454 g/mol. The molecule has 4 atom stereocenters. The fourth-order valence-electron chi connectivity index (χ4n) is 5.61. The van der Waals surface area contributed by atoms with Crippen molar-refractivity contribution in [1.82, 2.24) is 14.8 Å². The number of pyridine rings is 1. The number of aliphatic hydroxyl groups is 1. The summed E-state index contributed by atoms with van der Waals surface area (Å²) in [6.07, 6.45) is 0.219. The Morgan fingerprint density at radius 3 is 2.72 bits per heavy atom. The van der Waals surface area contributed by atoms with Crippen molar-refractivity contribution in [1.29, 1.82) is 0 Å². The van der Waals surface area contributed by atoms with Gasteiger partial charge in [0.1, 0.15) is 0 Å². The molecule has 6 nitrogen and oxygen atoms in total. The summed E-state index contributed by atoms with van der Waals surface area (Å²) < 4.78 is 40.8. The van der Waals surface area contributed by atoms with Crippen LogP contribution in [0.2, 0.25) is 0 Å². The first-order valence-electron chi connectivity index (χ1n) is 11.4. The first kappa shape index (κ1) is 23.0. The number of nitrogens with zero attached hydrogens (tertiary/aromatic N) is 2. The summed E-state index contributed by atoms with van der Waals surface area (Å²) in [6.45, 7) is 1.95. The predicted molar refractivity (Wildman–Crippen MR) is 114 cm³/mol. The minimum absolute atomic E-state index is 0.160. The molecule has 0 spiro atoms. The number of alkyl halides is 3. The van der Waals surface area contributed by atoms with Gasteiger partial charge in [0.15, 0.2) is 0 Å². The van der Waals surface area contributed by atoms with Crippen molar-refractivity contribution < 1.29 is 23.1 Å². The Bertz CT molecular complexity index is 956. The van der Waals surface area contributed by atoms with Crippen molar-refractivity contribution in [2.24, 2.45) is 11.8 Å². The van der Waals surface area contributed by atoms with Gasteiger partial charge in [0.05, 0.1) is 18.4 Å². The molecule has 4 rings (SSSR count). The van der Waals surface area contributed by atoms with Gasteiger partial charge in [-0.1, -0.05) is 13.0 Å². The van der Waals surface area contributed by atoms with Crippen molar-refractivity contribution in [2.45, 2.75) is 63.8 Å².